The number of amides is 1. The molecule has 0 atom stereocenters. The number of fused-ring (bicyclic) bond motifs is 1. The predicted octanol–water partition coefficient (Wildman–Crippen LogP) is 5.55. The van der Waals surface area contributed by atoms with Crippen molar-refractivity contribution in [3.8, 4) is 0 Å². The number of Topliss-reactive ketones (excluding diaryl/α,β-unsaturated/α-hetero) is 1. The largest absolute Gasteiger partial charge is 0.342 e. The van der Waals surface area contributed by atoms with Crippen molar-refractivity contribution >= 4 is 50.7 Å². The number of hydrogen-bond donors (Lipinski definition) is 1. The van der Waals surface area contributed by atoms with Gasteiger partial charge in [-0.15, -0.1) is 11.3 Å². The zero-order chi connectivity index (χ0) is 21.4. The first-order valence-electron chi connectivity index (χ1n) is 9.45. The van der Waals surface area contributed by atoms with Crippen LogP contribution in [0.2, 0.25) is 5.02 Å². The van der Waals surface area contributed by atoms with Crippen molar-refractivity contribution in [2.45, 2.75) is 27.3 Å². The monoisotopic (exact) mass is 437 g/mol. The Kier molecular flexibility index (Phi) is 5.45. The Labute approximate surface area is 183 Å². The third-order valence-corrected chi connectivity index (χ3v) is 6.24. The van der Waals surface area contributed by atoms with Crippen molar-refractivity contribution in [3.63, 3.8) is 0 Å². The number of anilines is 1. The highest BCUT2D eigenvalue weighted by Gasteiger charge is 2.23. The van der Waals surface area contributed by atoms with Crippen LogP contribution in [0.3, 0.4) is 0 Å². The van der Waals surface area contributed by atoms with Gasteiger partial charge in [-0.25, -0.2) is 4.98 Å². The Morgan fingerprint density at radius 1 is 1.10 bits per heavy atom. The summed E-state index contributed by atoms with van der Waals surface area (Å²) in [6, 6.07) is 13.5. The van der Waals surface area contributed by atoms with Crippen LogP contribution in [0, 0.1) is 20.8 Å². The molecule has 0 aliphatic carbocycles. The number of carbonyl (C=O) groups excluding carboxylic acids is 2. The van der Waals surface area contributed by atoms with Gasteiger partial charge in [0.15, 0.2) is 5.13 Å². The second kappa shape index (κ2) is 8.05. The highest BCUT2D eigenvalue weighted by molar-refractivity contribution is 7.15. The SMILES string of the molecule is Cc1ccc2c(c1)c(C(=O)C(=O)Nc1nc(C)c(C)s1)cn2Cc1ccc(Cl)cc1. The van der Waals surface area contributed by atoms with Gasteiger partial charge in [0.05, 0.1) is 11.3 Å². The van der Waals surface area contributed by atoms with Crippen molar-refractivity contribution in [2.75, 3.05) is 5.32 Å². The van der Waals surface area contributed by atoms with E-state index in [1.807, 2.05) is 67.8 Å². The Balaban J connectivity index is 1.68. The van der Waals surface area contributed by atoms with Crippen LogP contribution >= 0.6 is 22.9 Å². The first-order valence-corrected chi connectivity index (χ1v) is 10.6. The number of thiazole rings is 1. The van der Waals surface area contributed by atoms with Crippen molar-refractivity contribution < 1.29 is 9.59 Å². The molecule has 2 aromatic heterocycles. The van der Waals surface area contributed by atoms with Gasteiger partial charge in [0.25, 0.3) is 11.7 Å². The molecule has 0 aliphatic rings. The summed E-state index contributed by atoms with van der Waals surface area (Å²) in [6.07, 6.45) is 1.75. The highest BCUT2D eigenvalue weighted by atomic mass is 35.5. The fourth-order valence-electron chi connectivity index (χ4n) is 3.31. The number of benzene rings is 2. The van der Waals surface area contributed by atoms with Crippen molar-refractivity contribution in [2.24, 2.45) is 0 Å². The molecule has 1 N–H and O–H groups in total. The van der Waals surface area contributed by atoms with Crippen LogP contribution < -0.4 is 5.32 Å². The Morgan fingerprint density at radius 2 is 1.83 bits per heavy atom. The van der Waals surface area contributed by atoms with Gasteiger partial charge in [0.2, 0.25) is 0 Å². The number of hydrogen-bond acceptors (Lipinski definition) is 4. The van der Waals surface area contributed by atoms with E-state index in [0.717, 1.165) is 32.6 Å². The van der Waals surface area contributed by atoms with Gasteiger partial charge in [-0.3, -0.25) is 14.9 Å². The number of halogens is 1. The van der Waals surface area contributed by atoms with Crippen molar-refractivity contribution in [3.05, 3.63) is 80.9 Å². The molecule has 0 fully saturated rings. The van der Waals surface area contributed by atoms with Crippen LogP contribution in [-0.2, 0) is 11.3 Å². The maximum absolute atomic E-state index is 13.0. The van der Waals surface area contributed by atoms with Gasteiger partial charge in [0.1, 0.15) is 0 Å². The summed E-state index contributed by atoms with van der Waals surface area (Å²) in [5, 5.41) is 4.51. The van der Waals surface area contributed by atoms with E-state index >= 15 is 0 Å². The standard InChI is InChI=1S/C23H20ClN3O2S/c1-13-4-9-20-18(10-13)19(12-27(20)11-16-5-7-17(24)8-6-16)21(28)22(29)26-23-25-14(2)15(3)30-23/h4-10,12H,11H2,1-3H3,(H,25,26,29). The third-order valence-electron chi connectivity index (χ3n) is 5.00. The summed E-state index contributed by atoms with van der Waals surface area (Å²) < 4.78 is 1.98. The van der Waals surface area contributed by atoms with Crippen LogP contribution in [0.1, 0.15) is 32.1 Å². The zero-order valence-corrected chi connectivity index (χ0v) is 18.4. The molecule has 4 aromatic rings. The normalized spacial score (nSPS) is 11.1. The molecule has 7 heteroatoms. The molecule has 30 heavy (non-hydrogen) atoms. The maximum atomic E-state index is 13.0. The first kappa shape index (κ1) is 20.3. The molecule has 0 unspecified atom stereocenters. The van der Waals surface area contributed by atoms with E-state index < -0.39 is 11.7 Å². The van der Waals surface area contributed by atoms with Gasteiger partial charge < -0.3 is 4.57 Å². The smallest absolute Gasteiger partial charge is 0.298 e. The third kappa shape index (κ3) is 4.01. The second-order valence-corrected chi connectivity index (χ2v) is 8.90. The summed E-state index contributed by atoms with van der Waals surface area (Å²) in [5.74, 6) is -1.26. The number of carbonyl (C=O) groups is 2. The molecule has 0 bridgehead atoms. The zero-order valence-electron chi connectivity index (χ0n) is 16.8. The average molecular weight is 438 g/mol. The van der Waals surface area contributed by atoms with Gasteiger partial charge in [-0.2, -0.15) is 0 Å². The van der Waals surface area contributed by atoms with E-state index in [1.165, 1.54) is 11.3 Å². The van der Waals surface area contributed by atoms with Crippen LogP contribution in [0.5, 0.6) is 0 Å². The molecule has 5 nitrogen and oxygen atoms in total. The van der Waals surface area contributed by atoms with E-state index in [-0.39, 0.29) is 0 Å². The minimum atomic E-state index is -0.684. The van der Waals surface area contributed by atoms with Gasteiger partial charge in [-0.1, -0.05) is 35.4 Å². The van der Waals surface area contributed by atoms with Crippen molar-refractivity contribution in [1.29, 1.82) is 0 Å². The Morgan fingerprint density at radius 3 is 2.50 bits per heavy atom. The van der Waals surface area contributed by atoms with Crippen LogP contribution in [0.4, 0.5) is 5.13 Å². The van der Waals surface area contributed by atoms with E-state index in [4.69, 9.17) is 11.6 Å². The number of rotatable bonds is 5. The summed E-state index contributed by atoms with van der Waals surface area (Å²) >= 11 is 7.34. The molecule has 0 saturated carbocycles. The number of aromatic nitrogens is 2. The molecule has 4 rings (SSSR count). The lowest BCUT2D eigenvalue weighted by Crippen LogP contribution is -2.22. The maximum Gasteiger partial charge on any atom is 0.298 e. The lowest BCUT2D eigenvalue weighted by molar-refractivity contribution is -0.112. The molecular weight excluding hydrogens is 418 g/mol. The summed E-state index contributed by atoms with van der Waals surface area (Å²) in [6.45, 7) is 6.33. The van der Waals surface area contributed by atoms with E-state index in [2.05, 4.69) is 10.3 Å². The number of ketones is 1. The number of aryl methyl sites for hydroxylation is 3. The minimum Gasteiger partial charge on any atom is -0.342 e. The van der Waals surface area contributed by atoms with E-state index in [9.17, 15) is 9.59 Å². The molecule has 0 radical (unpaired) electrons. The molecule has 1 amide bonds. The summed E-state index contributed by atoms with van der Waals surface area (Å²) in [4.78, 5) is 31.0. The molecule has 152 valence electrons. The number of nitrogens with one attached hydrogen (secondary N) is 1. The van der Waals surface area contributed by atoms with Gasteiger partial charge in [0, 0.05) is 33.5 Å². The lowest BCUT2D eigenvalue weighted by Gasteiger charge is -2.06. The fraction of sp³-hybridized carbons (Fsp3) is 0.174. The molecular formula is C23H20ClN3O2S. The fourth-order valence-corrected chi connectivity index (χ4v) is 4.25. The van der Waals surface area contributed by atoms with Crippen LogP contribution in [0.25, 0.3) is 10.9 Å². The quantitative estimate of drug-likeness (QED) is 0.329. The Bertz CT molecular complexity index is 1250. The van der Waals surface area contributed by atoms with Crippen molar-refractivity contribution in [1.82, 2.24) is 9.55 Å². The van der Waals surface area contributed by atoms with Gasteiger partial charge in [-0.05, 0) is 50.6 Å². The molecule has 2 aromatic carbocycles. The number of nitrogens with zero attached hydrogens (tertiary/aromatic N) is 2. The minimum absolute atomic E-state index is 0.380. The van der Waals surface area contributed by atoms with Crippen LogP contribution in [0.15, 0.2) is 48.7 Å². The molecule has 0 saturated heterocycles. The average Bonchev–Trinajstić information content (AvgIpc) is 3.22. The molecule has 0 spiro atoms. The van der Waals surface area contributed by atoms with E-state index in [0.29, 0.717) is 22.3 Å². The molecule has 0 aliphatic heterocycles. The highest BCUT2D eigenvalue weighted by Crippen LogP contribution is 2.26. The van der Waals surface area contributed by atoms with E-state index in [1.54, 1.807) is 6.20 Å². The first-order chi connectivity index (χ1) is 14.3. The lowest BCUT2D eigenvalue weighted by atomic mass is 10.1. The van der Waals surface area contributed by atoms with Crippen LogP contribution in [-0.4, -0.2) is 21.2 Å². The summed E-state index contributed by atoms with van der Waals surface area (Å²) in [7, 11) is 0. The predicted molar refractivity (Wildman–Crippen MR) is 122 cm³/mol. The second-order valence-electron chi connectivity index (χ2n) is 7.26. The van der Waals surface area contributed by atoms with Gasteiger partial charge >= 0.3 is 0 Å². The molecule has 2 heterocycles. The Hall–Kier alpha value is -2.96. The summed E-state index contributed by atoms with van der Waals surface area (Å²) in [5.41, 5.74) is 4.19. The topological polar surface area (TPSA) is 64.0 Å².